The summed E-state index contributed by atoms with van der Waals surface area (Å²) in [5, 5.41) is 27.4. The van der Waals surface area contributed by atoms with Gasteiger partial charge in [0.05, 0.1) is 62.6 Å². The zero-order valence-electron chi connectivity index (χ0n) is 39.8. The molecule has 0 radical (unpaired) electrons. The van der Waals surface area contributed by atoms with Gasteiger partial charge in [0.1, 0.15) is 0 Å². The van der Waals surface area contributed by atoms with Crippen LogP contribution in [0.3, 0.4) is 0 Å². The molecule has 0 saturated heterocycles. The maximum Gasteiger partial charge on any atom is 0.252 e. The average Bonchev–Trinajstić information content (AvgIpc) is 3.34. The van der Waals surface area contributed by atoms with Crippen LogP contribution in [-0.2, 0) is 61.7 Å². The number of fused-ring (bicyclic) bond motifs is 2. The maximum absolute atomic E-state index is 12.9. The van der Waals surface area contributed by atoms with E-state index in [9.17, 15) is 36.6 Å². The van der Waals surface area contributed by atoms with Crippen molar-refractivity contribution >= 4 is 78.3 Å². The second-order valence-electron chi connectivity index (χ2n) is 17.3. The lowest BCUT2D eigenvalue weighted by molar-refractivity contribution is -0.146. The molecule has 0 aliphatic carbocycles. The minimum Gasteiger partial charge on any atom is -0.380 e. The van der Waals surface area contributed by atoms with Crippen molar-refractivity contribution in [2.24, 2.45) is 0 Å². The van der Waals surface area contributed by atoms with Crippen LogP contribution >= 0.6 is 46.4 Å². The van der Waals surface area contributed by atoms with E-state index in [1.807, 2.05) is 26.2 Å². The molecule has 4 unspecified atom stereocenters. The molecule has 394 valence electrons. The first-order valence-electron chi connectivity index (χ1n) is 23.1. The number of halogens is 4. The molecule has 0 spiro atoms. The standard InChI is InChI=1S/C48H60Cl4N6O12S2/c1-57-27-39(37-23-33(49)25-43(51)41(37)29-57)31-3-7-35(8-4-31)71(63,64)55-13-17-69-21-19-67-15-11-53-47(61)45(59)46(60)48(62)54-12-16-68-20-22-70-18-14-56-72(65,66)36-9-5-32(6-10-36)40-28-58(2)30-42-38(40)24-34(50)26-44(42)52/h3-10,23-26,39-40,45-46,55-56,59-60H,11-22,27-30H2,1-2H3,(H,53,61)(H,54,62). The Balaban J connectivity index is 0.754. The largest absolute Gasteiger partial charge is 0.380 e. The monoisotopic (exact) mass is 1120 g/mol. The SMILES string of the molecule is CN1Cc2c(Cl)cc(Cl)cc2C(c2ccc(S(=O)(=O)NCCOCCOCCNC(=O)C(O)C(O)C(=O)NCCOCCOCCNS(=O)(=O)c3ccc(C4CN(C)Cc5c(Cl)cc(Cl)cc54)cc3)cc2)C1. The summed E-state index contributed by atoms with van der Waals surface area (Å²) in [6.45, 7) is 3.55. The van der Waals surface area contributed by atoms with E-state index < -0.39 is 44.1 Å². The molecular formula is C48H60Cl4N6O12S2. The van der Waals surface area contributed by atoms with E-state index in [1.165, 1.54) is 0 Å². The van der Waals surface area contributed by atoms with Crippen molar-refractivity contribution in [1.29, 1.82) is 0 Å². The molecule has 24 heteroatoms. The zero-order chi connectivity index (χ0) is 52.0. The third kappa shape index (κ3) is 16.2. The topological polar surface area (TPSA) is 234 Å². The Morgan fingerprint density at radius 2 is 0.889 bits per heavy atom. The fourth-order valence-corrected chi connectivity index (χ4v) is 11.5. The molecule has 2 heterocycles. The predicted molar refractivity (Wildman–Crippen MR) is 274 cm³/mol. The van der Waals surface area contributed by atoms with E-state index in [1.54, 1.807) is 60.7 Å². The summed E-state index contributed by atoms with van der Waals surface area (Å²) in [5.41, 5.74) is 5.93. The number of carbonyl (C=O) groups is 2. The summed E-state index contributed by atoms with van der Waals surface area (Å²) < 4.78 is 78.4. The predicted octanol–water partition coefficient (Wildman–Crippen LogP) is 3.73. The Morgan fingerprint density at radius 3 is 1.24 bits per heavy atom. The molecule has 0 saturated carbocycles. The number of nitrogens with zero attached hydrogens (tertiary/aromatic N) is 2. The fraction of sp³-hybridized carbons (Fsp3) is 0.458. The minimum atomic E-state index is -3.80. The van der Waals surface area contributed by atoms with Gasteiger partial charge in [0.25, 0.3) is 11.8 Å². The summed E-state index contributed by atoms with van der Waals surface area (Å²) >= 11 is 25.6. The fourth-order valence-electron chi connectivity index (χ4n) is 8.32. The summed E-state index contributed by atoms with van der Waals surface area (Å²) in [7, 11) is -3.60. The van der Waals surface area contributed by atoms with Crippen molar-refractivity contribution in [3.05, 3.63) is 126 Å². The summed E-state index contributed by atoms with van der Waals surface area (Å²) in [4.78, 5) is 29.1. The number of sulfonamides is 2. The van der Waals surface area contributed by atoms with E-state index in [0.717, 1.165) is 46.5 Å². The Hall–Kier alpha value is -3.52. The van der Waals surface area contributed by atoms with Crippen LogP contribution in [0.4, 0.5) is 0 Å². The second-order valence-corrected chi connectivity index (χ2v) is 22.5. The van der Waals surface area contributed by atoms with Crippen molar-refractivity contribution in [3.63, 3.8) is 0 Å². The van der Waals surface area contributed by atoms with E-state index in [4.69, 9.17) is 65.4 Å². The number of rotatable bonds is 27. The summed E-state index contributed by atoms with van der Waals surface area (Å²) in [5.74, 6) is -2.03. The highest BCUT2D eigenvalue weighted by Gasteiger charge is 2.31. The number of hydrogen-bond acceptors (Lipinski definition) is 14. The number of benzene rings is 4. The number of aliphatic hydroxyl groups is 2. The van der Waals surface area contributed by atoms with Gasteiger partial charge in [-0.15, -0.1) is 0 Å². The Labute approximate surface area is 440 Å². The molecule has 0 bridgehead atoms. The van der Waals surface area contributed by atoms with Crippen LogP contribution in [0.15, 0.2) is 82.6 Å². The second kappa shape index (κ2) is 27.3. The first-order chi connectivity index (χ1) is 34.3. The van der Waals surface area contributed by atoms with Crippen molar-refractivity contribution < 1.29 is 55.6 Å². The summed E-state index contributed by atoms with van der Waals surface area (Å²) in [6.07, 6.45) is -4.09. The molecule has 72 heavy (non-hydrogen) atoms. The van der Waals surface area contributed by atoms with Crippen LogP contribution in [0.25, 0.3) is 0 Å². The van der Waals surface area contributed by atoms with Crippen molar-refractivity contribution in [2.75, 3.05) is 106 Å². The molecule has 2 aliphatic rings. The van der Waals surface area contributed by atoms with Gasteiger partial charge in [0, 0.05) is 84.3 Å². The van der Waals surface area contributed by atoms with E-state index >= 15 is 0 Å². The first kappa shape index (κ1) is 57.8. The number of hydrogen-bond donors (Lipinski definition) is 6. The molecule has 6 rings (SSSR count). The Kier molecular flexibility index (Phi) is 21.9. The molecule has 6 N–H and O–H groups in total. The molecule has 0 fully saturated rings. The molecule has 4 atom stereocenters. The van der Waals surface area contributed by atoms with Crippen LogP contribution in [0.5, 0.6) is 0 Å². The Bertz CT molecular complexity index is 2510. The van der Waals surface area contributed by atoms with Crippen LogP contribution < -0.4 is 20.1 Å². The first-order valence-corrected chi connectivity index (χ1v) is 27.6. The maximum atomic E-state index is 12.9. The highest BCUT2D eigenvalue weighted by Crippen LogP contribution is 2.40. The van der Waals surface area contributed by atoms with Gasteiger partial charge in [-0.2, -0.15) is 0 Å². The Morgan fingerprint density at radius 1 is 0.556 bits per heavy atom. The molecule has 4 aromatic carbocycles. The van der Waals surface area contributed by atoms with Gasteiger partial charge in [0.2, 0.25) is 20.0 Å². The molecule has 4 aromatic rings. The quantitative estimate of drug-likeness (QED) is 0.0468. The lowest BCUT2D eigenvalue weighted by Crippen LogP contribution is -2.50. The van der Waals surface area contributed by atoms with Crippen LogP contribution in [0.1, 0.15) is 45.2 Å². The van der Waals surface area contributed by atoms with Gasteiger partial charge in [0.15, 0.2) is 12.2 Å². The minimum absolute atomic E-state index is 0.0202. The number of aliphatic hydroxyl groups excluding tert-OH is 2. The third-order valence-corrected chi connectivity index (χ3v) is 16.0. The van der Waals surface area contributed by atoms with Gasteiger partial charge in [-0.25, -0.2) is 26.3 Å². The normalized spacial score (nSPS) is 17.2. The number of carbonyl (C=O) groups excluding carboxylic acids is 2. The smallest absolute Gasteiger partial charge is 0.252 e. The van der Waals surface area contributed by atoms with Crippen LogP contribution in [0, 0.1) is 0 Å². The van der Waals surface area contributed by atoms with Crippen LogP contribution in [-0.4, -0.2) is 167 Å². The molecule has 18 nitrogen and oxygen atoms in total. The third-order valence-electron chi connectivity index (χ3n) is 11.9. The van der Waals surface area contributed by atoms with Gasteiger partial charge < -0.3 is 49.6 Å². The van der Waals surface area contributed by atoms with Crippen LogP contribution in [0.2, 0.25) is 20.1 Å². The summed E-state index contributed by atoms with van der Waals surface area (Å²) in [6, 6.07) is 20.7. The molecular weight excluding hydrogens is 1060 g/mol. The number of amides is 2. The molecule has 0 aromatic heterocycles. The lowest BCUT2D eigenvalue weighted by Gasteiger charge is -2.33. The average molecular weight is 1120 g/mol. The van der Waals surface area contributed by atoms with Crippen molar-refractivity contribution in [2.45, 2.75) is 46.9 Å². The van der Waals surface area contributed by atoms with Gasteiger partial charge in [-0.05, 0) is 96.0 Å². The van der Waals surface area contributed by atoms with Gasteiger partial charge in [-0.3, -0.25) is 9.59 Å². The van der Waals surface area contributed by atoms with Gasteiger partial charge >= 0.3 is 0 Å². The molecule has 2 amide bonds. The zero-order valence-corrected chi connectivity index (χ0v) is 44.4. The molecule has 2 aliphatic heterocycles. The van der Waals surface area contributed by atoms with Gasteiger partial charge in [-0.1, -0.05) is 70.7 Å². The highest BCUT2D eigenvalue weighted by atomic mass is 35.5. The van der Waals surface area contributed by atoms with E-state index in [2.05, 4.69) is 29.9 Å². The van der Waals surface area contributed by atoms with E-state index in [0.29, 0.717) is 33.2 Å². The number of nitrogens with one attached hydrogen (secondary N) is 4. The van der Waals surface area contributed by atoms with Crippen molar-refractivity contribution in [3.8, 4) is 0 Å². The van der Waals surface area contributed by atoms with E-state index in [-0.39, 0.29) is 101 Å². The lowest BCUT2D eigenvalue weighted by atomic mass is 9.85. The highest BCUT2D eigenvalue weighted by molar-refractivity contribution is 7.89. The number of likely N-dealkylation sites (N-methyl/N-ethyl adjacent to an activating group) is 2. The van der Waals surface area contributed by atoms with Crippen molar-refractivity contribution in [1.82, 2.24) is 29.9 Å². The number of ether oxygens (including phenoxy) is 4.